The van der Waals surface area contributed by atoms with E-state index in [9.17, 15) is 19.8 Å². The first-order valence-corrected chi connectivity index (χ1v) is 14.3. The summed E-state index contributed by atoms with van der Waals surface area (Å²) in [7, 11) is 5.52. The van der Waals surface area contributed by atoms with Crippen LogP contribution in [0.3, 0.4) is 0 Å². The van der Waals surface area contributed by atoms with Crippen LogP contribution in [0.2, 0.25) is 0 Å². The van der Waals surface area contributed by atoms with Gasteiger partial charge in [-0.1, -0.05) is 31.2 Å². The minimum absolute atomic E-state index is 0.0119. The Labute approximate surface area is 260 Å². The molecule has 0 amide bonds. The SMILES string of the molecule is CC=C(C)C(=O)OC1c2cc(O)c(OC)c(OC)c2-c2c(cc(OC)c(OC)c2O)C(OC(=O)c2ccccc2)C2(CO2)C1C. The summed E-state index contributed by atoms with van der Waals surface area (Å²) in [6.45, 7) is 5.27. The maximum atomic E-state index is 13.6. The van der Waals surface area contributed by atoms with Crippen LogP contribution in [0.4, 0.5) is 0 Å². The largest absolute Gasteiger partial charge is 0.504 e. The number of esters is 2. The highest BCUT2D eigenvalue weighted by Crippen LogP contribution is 2.63. The number of hydrogen-bond donors (Lipinski definition) is 2. The third-order valence-corrected chi connectivity index (χ3v) is 8.54. The molecule has 11 nitrogen and oxygen atoms in total. The van der Waals surface area contributed by atoms with Crippen LogP contribution >= 0.6 is 0 Å². The van der Waals surface area contributed by atoms with E-state index in [4.69, 9.17) is 33.2 Å². The van der Waals surface area contributed by atoms with Crippen molar-refractivity contribution in [3.05, 3.63) is 70.8 Å². The van der Waals surface area contributed by atoms with Crippen molar-refractivity contribution < 1.29 is 53.0 Å². The molecule has 2 N–H and O–H groups in total. The van der Waals surface area contributed by atoms with Crippen molar-refractivity contribution in [3.8, 4) is 45.6 Å². The Morgan fingerprint density at radius 3 is 2.09 bits per heavy atom. The van der Waals surface area contributed by atoms with Crippen molar-refractivity contribution in [2.75, 3.05) is 35.0 Å². The van der Waals surface area contributed by atoms with E-state index in [1.807, 2.05) is 6.92 Å². The highest BCUT2D eigenvalue weighted by Gasteiger charge is 2.63. The van der Waals surface area contributed by atoms with Crippen LogP contribution in [-0.4, -0.2) is 62.8 Å². The topological polar surface area (TPSA) is 143 Å². The first kappa shape index (κ1) is 31.5. The van der Waals surface area contributed by atoms with Crippen LogP contribution in [0.1, 0.15) is 54.5 Å². The summed E-state index contributed by atoms with van der Waals surface area (Å²) in [6, 6.07) is 11.5. The van der Waals surface area contributed by atoms with Crippen molar-refractivity contribution in [3.63, 3.8) is 0 Å². The van der Waals surface area contributed by atoms with Gasteiger partial charge in [0, 0.05) is 33.7 Å². The number of phenols is 2. The number of ether oxygens (including phenoxy) is 7. The normalized spacial score (nSPS) is 21.8. The lowest BCUT2D eigenvalue weighted by molar-refractivity contribution is -0.150. The molecule has 11 heteroatoms. The fraction of sp³-hybridized carbons (Fsp3) is 0.353. The average Bonchev–Trinajstić information content (AvgIpc) is 3.86. The van der Waals surface area contributed by atoms with Crippen molar-refractivity contribution in [2.24, 2.45) is 5.92 Å². The van der Waals surface area contributed by atoms with Gasteiger partial charge < -0.3 is 43.4 Å². The van der Waals surface area contributed by atoms with Crippen molar-refractivity contribution in [1.29, 1.82) is 0 Å². The fourth-order valence-electron chi connectivity index (χ4n) is 5.91. The van der Waals surface area contributed by atoms with Gasteiger partial charge in [-0.15, -0.1) is 0 Å². The number of carbonyl (C=O) groups is 2. The van der Waals surface area contributed by atoms with Gasteiger partial charge in [-0.05, 0) is 38.1 Å². The Bertz CT molecular complexity index is 1660. The van der Waals surface area contributed by atoms with E-state index < -0.39 is 35.7 Å². The summed E-state index contributed by atoms with van der Waals surface area (Å²) in [5, 5.41) is 23.0. The molecule has 0 radical (unpaired) electrons. The molecule has 3 aromatic rings. The molecule has 1 aliphatic carbocycles. The lowest BCUT2D eigenvalue weighted by Crippen LogP contribution is -2.39. The quantitative estimate of drug-likeness (QED) is 0.183. The highest BCUT2D eigenvalue weighted by molar-refractivity contribution is 5.92. The smallest absolute Gasteiger partial charge is 0.338 e. The molecule has 3 aromatic carbocycles. The lowest BCUT2D eigenvalue weighted by Gasteiger charge is -2.38. The van der Waals surface area contributed by atoms with Crippen LogP contribution < -0.4 is 18.9 Å². The van der Waals surface area contributed by atoms with E-state index >= 15 is 0 Å². The number of rotatable bonds is 8. The zero-order valence-corrected chi connectivity index (χ0v) is 26.1. The number of methoxy groups -OCH3 is 4. The third kappa shape index (κ3) is 5.16. The summed E-state index contributed by atoms with van der Waals surface area (Å²) in [5.74, 6) is -2.43. The monoisotopic (exact) mass is 620 g/mol. The Hall–Kier alpha value is -4.90. The minimum atomic E-state index is -1.22. The number of carbonyl (C=O) groups excluding carboxylic acids is 2. The lowest BCUT2D eigenvalue weighted by atomic mass is 9.73. The summed E-state index contributed by atoms with van der Waals surface area (Å²) in [4.78, 5) is 26.9. The number of phenolic OH excluding ortho intramolecular Hbond substituents is 2. The van der Waals surface area contributed by atoms with Crippen LogP contribution in [0.5, 0.6) is 34.5 Å². The molecule has 0 saturated carbocycles. The number of benzene rings is 3. The third-order valence-electron chi connectivity index (χ3n) is 8.54. The summed E-state index contributed by atoms with van der Waals surface area (Å²) < 4.78 is 41.0. The van der Waals surface area contributed by atoms with Gasteiger partial charge in [0.15, 0.2) is 29.1 Å². The Morgan fingerprint density at radius 1 is 0.889 bits per heavy atom. The van der Waals surface area contributed by atoms with E-state index in [0.29, 0.717) is 22.3 Å². The summed E-state index contributed by atoms with van der Waals surface area (Å²) in [6.07, 6.45) is -0.619. The van der Waals surface area contributed by atoms with E-state index in [0.717, 1.165) is 0 Å². The van der Waals surface area contributed by atoms with Gasteiger partial charge >= 0.3 is 11.9 Å². The number of fused-ring (bicyclic) bond motifs is 3. The Balaban J connectivity index is 1.91. The van der Waals surface area contributed by atoms with Crippen LogP contribution in [0, 0.1) is 5.92 Å². The number of epoxide rings is 1. The second-order valence-corrected chi connectivity index (χ2v) is 10.8. The molecule has 45 heavy (non-hydrogen) atoms. The van der Waals surface area contributed by atoms with Gasteiger partial charge in [0.05, 0.1) is 40.6 Å². The summed E-state index contributed by atoms with van der Waals surface area (Å²) in [5.41, 5.74) is 0.366. The van der Waals surface area contributed by atoms with Gasteiger partial charge in [-0.2, -0.15) is 0 Å². The predicted octanol–water partition coefficient (Wildman–Crippen LogP) is 5.67. The van der Waals surface area contributed by atoms with Gasteiger partial charge in [0.2, 0.25) is 11.5 Å². The van der Waals surface area contributed by atoms with Crippen molar-refractivity contribution >= 4 is 11.9 Å². The maximum Gasteiger partial charge on any atom is 0.338 e. The molecular formula is C34H36O11. The Kier molecular flexibility index (Phi) is 8.57. The molecule has 1 aliphatic heterocycles. The molecule has 5 rings (SSSR count). The van der Waals surface area contributed by atoms with Crippen LogP contribution in [0.25, 0.3) is 11.1 Å². The molecule has 1 fully saturated rings. The van der Waals surface area contributed by atoms with Crippen molar-refractivity contribution in [1.82, 2.24) is 0 Å². The van der Waals surface area contributed by atoms with Gasteiger partial charge in [-0.3, -0.25) is 0 Å². The molecule has 1 heterocycles. The Morgan fingerprint density at radius 2 is 1.53 bits per heavy atom. The second kappa shape index (κ2) is 12.2. The average molecular weight is 621 g/mol. The first-order chi connectivity index (χ1) is 21.6. The maximum absolute atomic E-state index is 13.6. The minimum Gasteiger partial charge on any atom is -0.504 e. The number of allylic oxidation sites excluding steroid dienone is 1. The fourth-order valence-corrected chi connectivity index (χ4v) is 5.91. The number of hydrogen-bond acceptors (Lipinski definition) is 11. The molecule has 238 valence electrons. The number of aromatic hydroxyl groups is 2. The summed E-state index contributed by atoms with van der Waals surface area (Å²) >= 11 is 0. The molecule has 0 bridgehead atoms. The first-order valence-electron chi connectivity index (χ1n) is 14.3. The molecule has 2 aliphatic rings. The van der Waals surface area contributed by atoms with Gasteiger partial charge in [0.25, 0.3) is 0 Å². The van der Waals surface area contributed by atoms with Crippen molar-refractivity contribution in [2.45, 2.75) is 38.6 Å². The van der Waals surface area contributed by atoms with Crippen LogP contribution in [-0.2, 0) is 19.0 Å². The standard InChI is InChI=1S/C34H36O11/c1-8-17(2)32(37)44-27-18(3)34(16-43-34)31(45-33(38)19-12-10-9-11-13-19)21-15-23(39-4)29(41-6)26(36)24(21)25-20(27)14-22(35)28(40-5)30(25)42-7/h8-15,18,27,31,35-36H,16H2,1-7H3. The molecule has 0 aromatic heterocycles. The van der Waals surface area contributed by atoms with E-state index in [-0.39, 0.29) is 52.2 Å². The predicted molar refractivity (Wildman–Crippen MR) is 162 cm³/mol. The zero-order chi connectivity index (χ0) is 32.6. The van der Waals surface area contributed by atoms with E-state index in [1.54, 1.807) is 56.3 Å². The van der Waals surface area contributed by atoms with Crippen LogP contribution in [0.15, 0.2) is 54.1 Å². The molecule has 4 unspecified atom stereocenters. The molecule has 1 spiro atoms. The molecule has 4 atom stereocenters. The van der Waals surface area contributed by atoms with E-state index in [2.05, 4.69) is 0 Å². The van der Waals surface area contributed by atoms with E-state index in [1.165, 1.54) is 34.5 Å². The zero-order valence-electron chi connectivity index (χ0n) is 26.1. The molecular weight excluding hydrogens is 584 g/mol. The molecule has 1 saturated heterocycles. The van der Waals surface area contributed by atoms with Gasteiger partial charge in [0.1, 0.15) is 11.7 Å². The highest BCUT2D eigenvalue weighted by atomic mass is 16.6. The second-order valence-electron chi connectivity index (χ2n) is 10.8. The van der Waals surface area contributed by atoms with Gasteiger partial charge in [-0.25, -0.2) is 9.59 Å².